The first-order valence-electron chi connectivity index (χ1n) is 7.11. The summed E-state index contributed by atoms with van der Waals surface area (Å²) in [4.78, 5) is 0. The second-order valence-corrected chi connectivity index (χ2v) is 6.17. The van der Waals surface area contributed by atoms with Crippen LogP contribution in [0.3, 0.4) is 0 Å². The van der Waals surface area contributed by atoms with Gasteiger partial charge in [0.1, 0.15) is 6.33 Å². The molecule has 0 unspecified atom stereocenters. The van der Waals surface area contributed by atoms with E-state index in [-0.39, 0.29) is 0 Å². The molecule has 0 saturated heterocycles. The van der Waals surface area contributed by atoms with E-state index in [1.165, 1.54) is 25.7 Å². The number of hydrogen-bond acceptors (Lipinski definition) is 4. The van der Waals surface area contributed by atoms with Crippen LogP contribution in [0.4, 0.5) is 5.69 Å². The van der Waals surface area contributed by atoms with Crippen LogP contribution in [0.5, 0.6) is 0 Å². The largest absolute Gasteiger partial charge is 0.380 e. The first kappa shape index (κ1) is 12.1. The molecule has 6 heteroatoms. The van der Waals surface area contributed by atoms with E-state index < -0.39 is 0 Å². The third-order valence-electron chi connectivity index (χ3n) is 4.15. The SMILES string of the molecule is Clc1ccc(-n2cnnn2)cc1NC(C1CC1)C1CC1. The maximum atomic E-state index is 6.33. The zero-order valence-electron chi connectivity index (χ0n) is 11.0. The zero-order valence-corrected chi connectivity index (χ0v) is 11.8. The smallest absolute Gasteiger partial charge is 0.143 e. The molecule has 4 rings (SSSR count). The van der Waals surface area contributed by atoms with Crippen LogP contribution in [0, 0.1) is 11.8 Å². The van der Waals surface area contributed by atoms with Crippen LogP contribution < -0.4 is 5.32 Å². The molecule has 104 valence electrons. The van der Waals surface area contributed by atoms with Crippen molar-refractivity contribution in [1.29, 1.82) is 0 Å². The molecule has 2 aromatic rings. The Kier molecular flexibility index (Phi) is 2.88. The van der Waals surface area contributed by atoms with Gasteiger partial charge in [-0.05, 0) is 66.1 Å². The summed E-state index contributed by atoms with van der Waals surface area (Å²) in [6, 6.07) is 6.43. The van der Waals surface area contributed by atoms with Crippen LogP contribution in [0.25, 0.3) is 5.69 Å². The standard InChI is InChI=1S/C14H16ClN5/c15-12-6-5-11(20-8-16-18-19-20)7-13(12)17-14(9-1-2-9)10-3-4-10/h5-10,14,17H,1-4H2. The molecule has 0 spiro atoms. The molecule has 0 atom stereocenters. The van der Waals surface area contributed by atoms with E-state index in [0.717, 1.165) is 28.2 Å². The van der Waals surface area contributed by atoms with Crippen molar-refractivity contribution < 1.29 is 0 Å². The second-order valence-electron chi connectivity index (χ2n) is 5.76. The molecule has 5 nitrogen and oxygen atoms in total. The molecule has 0 amide bonds. The minimum absolute atomic E-state index is 0.580. The van der Waals surface area contributed by atoms with Gasteiger partial charge < -0.3 is 5.32 Å². The summed E-state index contributed by atoms with van der Waals surface area (Å²) in [6.07, 6.45) is 6.97. The molecule has 2 fully saturated rings. The number of aromatic nitrogens is 4. The van der Waals surface area contributed by atoms with E-state index >= 15 is 0 Å². The monoisotopic (exact) mass is 289 g/mol. The maximum absolute atomic E-state index is 6.33. The number of rotatable bonds is 5. The van der Waals surface area contributed by atoms with Crippen LogP contribution in [-0.2, 0) is 0 Å². The number of hydrogen-bond donors (Lipinski definition) is 1. The topological polar surface area (TPSA) is 55.6 Å². The molecule has 1 aromatic heterocycles. The fourth-order valence-corrected chi connectivity index (χ4v) is 2.93. The van der Waals surface area contributed by atoms with Gasteiger partial charge in [-0.1, -0.05) is 11.6 Å². The molecule has 2 aliphatic carbocycles. The highest BCUT2D eigenvalue weighted by Crippen LogP contribution is 2.46. The quantitative estimate of drug-likeness (QED) is 0.919. The fraction of sp³-hybridized carbons (Fsp3) is 0.500. The Balaban J connectivity index is 1.61. The highest BCUT2D eigenvalue weighted by Gasteiger charge is 2.41. The average molecular weight is 290 g/mol. The lowest BCUT2D eigenvalue weighted by molar-refractivity contribution is 0.568. The normalized spacial score (nSPS) is 18.5. The molecule has 20 heavy (non-hydrogen) atoms. The van der Waals surface area contributed by atoms with E-state index in [0.29, 0.717) is 6.04 Å². The summed E-state index contributed by atoms with van der Waals surface area (Å²) < 4.78 is 1.64. The van der Waals surface area contributed by atoms with Gasteiger partial charge in [0.25, 0.3) is 0 Å². The highest BCUT2D eigenvalue weighted by molar-refractivity contribution is 6.33. The number of anilines is 1. The molecule has 2 saturated carbocycles. The van der Waals surface area contributed by atoms with Gasteiger partial charge in [-0.2, -0.15) is 0 Å². The van der Waals surface area contributed by atoms with Crippen molar-refractivity contribution in [1.82, 2.24) is 20.2 Å². The average Bonchev–Trinajstić information content (AvgIpc) is 3.38. The van der Waals surface area contributed by atoms with Crippen molar-refractivity contribution in [3.8, 4) is 5.69 Å². The molecule has 1 N–H and O–H groups in total. The Morgan fingerprint density at radius 3 is 2.55 bits per heavy atom. The molecule has 1 aromatic carbocycles. The lowest BCUT2D eigenvalue weighted by Gasteiger charge is -2.20. The fourth-order valence-electron chi connectivity index (χ4n) is 2.76. The molecular weight excluding hydrogens is 274 g/mol. The van der Waals surface area contributed by atoms with Gasteiger partial charge in [0.15, 0.2) is 0 Å². The van der Waals surface area contributed by atoms with E-state index in [2.05, 4.69) is 20.8 Å². The molecule has 0 bridgehead atoms. The Morgan fingerprint density at radius 1 is 1.20 bits per heavy atom. The van der Waals surface area contributed by atoms with E-state index in [9.17, 15) is 0 Å². The van der Waals surface area contributed by atoms with Crippen LogP contribution >= 0.6 is 11.6 Å². The van der Waals surface area contributed by atoms with Crippen molar-refractivity contribution >= 4 is 17.3 Å². The van der Waals surface area contributed by atoms with Crippen LogP contribution in [-0.4, -0.2) is 26.2 Å². The van der Waals surface area contributed by atoms with E-state index in [4.69, 9.17) is 11.6 Å². The molecule has 1 heterocycles. The van der Waals surface area contributed by atoms with Gasteiger partial charge in [0, 0.05) is 6.04 Å². The third-order valence-corrected chi connectivity index (χ3v) is 4.48. The van der Waals surface area contributed by atoms with Crippen LogP contribution in [0.15, 0.2) is 24.5 Å². The summed E-state index contributed by atoms with van der Waals surface area (Å²) in [6.45, 7) is 0. The lowest BCUT2D eigenvalue weighted by atomic mass is 10.1. The maximum Gasteiger partial charge on any atom is 0.143 e. The van der Waals surface area contributed by atoms with Crippen molar-refractivity contribution in [2.45, 2.75) is 31.7 Å². The summed E-state index contributed by atoms with van der Waals surface area (Å²) in [7, 11) is 0. The predicted molar refractivity (Wildman–Crippen MR) is 77.0 cm³/mol. The van der Waals surface area contributed by atoms with Gasteiger partial charge in [0.2, 0.25) is 0 Å². The summed E-state index contributed by atoms with van der Waals surface area (Å²) in [5.41, 5.74) is 1.91. The van der Waals surface area contributed by atoms with Gasteiger partial charge in [-0.25, -0.2) is 4.68 Å². The number of nitrogens with one attached hydrogen (secondary N) is 1. The first-order chi connectivity index (χ1) is 9.81. The number of nitrogens with zero attached hydrogens (tertiary/aromatic N) is 4. The Morgan fingerprint density at radius 2 is 1.95 bits per heavy atom. The van der Waals surface area contributed by atoms with E-state index in [1.54, 1.807) is 11.0 Å². The Hall–Kier alpha value is -1.62. The van der Waals surface area contributed by atoms with Gasteiger partial charge >= 0.3 is 0 Å². The van der Waals surface area contributed by atoms with Crippen molar-refractivity contribution in [2.75, 3.05) is 5.32 Å². The zero-order chi connectivity index (χ0) is 13.5. The Bertz CT molecular complexity index is 592. The summed E-state index contributed by atoms with van der Waals surface area (Å²) in [5.74, 6) is 1.66. The van der Waals surface area contributed by atoms with Crippen molar-refractivity contribution in [2.24, 2.45) is 11.8 Å². The number of halogens is 1. The van der Waals surface area contributed by atoms with Gasteiger partial charge in [-0.15, -0.1) is 5.10 Å². The first-order valence-corrected chi connectivity index (χ1v) is 7.48. The van der Waals surface area contributed by atoms with Crippen LogP contribution in [0.1, 0.15) is 25.7 Å². The van der Waals surface area contributed by atoms with Crippen LogP contribution in [0.2, 0.25) is 5.02 Å². The summed E-state index contributed by atoms with van der Waals surface area (Å²) >= 11 is 6.33. The predicted octanol–water partition coefficient (Wildman–Crippen LogP) is 2.92. The van der Waals surface area contributed by atoms with Gasteiger partial charge in [0.05, 0.1) is 16.4 Å². The molecule has 0 aliphatic heterocycles. The third kappa shape index (κ3) is 2.38. The number of tetrazole rings is 1. The molecule has 0 radical (unpaired) electrons. The van der Waals surface area contributed by atoms with Crippen molar-refractivity contribution in [3.05, 3.63) is 29.5 Å². The lowest BCUT2D eigenvalue weighted by Crippen LogP contribution is -2.24. The number of benzene rings is 1. The molecular formula is C14H16ClN5. The van der Waals surface area contributed by atoms with Gasteiger partial charge in [-0.3, -0.25) is 0 Å². The summed E-state index contributed by atoms with van der Waals surface area (Å²) in [5, 5.41) is 15.7. The Labute approximate surface area is 122 Å². The van der Waals surface area contributed by atoms with Crippen molar-refractivity contribution in [3.63, 3.8) is 0 Å². The minimum Gasteiger partial charge on any atom is -0.380 e. The highest BCUT2D eigenvalue weighted by atomic mass is 35.5. The molecule has 2 aliphatic rings. The second kappa shape index (κ2) is 4.74. The minimum atomic E-state index is 0.580. The van der Waals surface area contributed by atoms with E-state index in [1.807, 2.05) is 18.2 Å².